The summed E-state index contributed by atoms with van der Waals surface area (Å²) < 4.78 is 0. The molecular formula is C12H23NS. The topological polar surface area (TPSA) is 12.0 Å². The number of nitrogens with one attached hydrogen (secondary N) is 1. The minimum absolute atomic E-state index is 0.935. The summed E-state index contributed by atoms with van der Waals surface area (Å²) in [6.07, 6.45) is 7.70. The van der Waals surface area contributed by atoms with Crippen LogP contribution in [-0.4, -0.2) is 24.1 Å². The Morgan fingerprint density at radius 1 is 1.50 bits per heavy atom. The van der Waals surface area contributed by atoms with Gasteiger partial charge in [-0.15, -0.1) is 6.58 Å². The molecule has 1 saturated carbocycles. The average molecular weight is 213 g/mol. The molecule has 0 aromatic rings. The standard InChI is InChI=1S/C12H23NS/c1-3-7-13-8-9-14-12-6-4-5-11(2)10-12/h3,11-13H,1,4-10H2,2H3. The fourth-order valence-corrected chi connectivity index (χ4v) is 3.43. The summed E-state index contributed by atoms with van der Waals surface area (Å²) in [5, 5.41) is 4.28. The predicted octanol–water partition coefficient (Wildman–Crippen LogP) is 3.07. The van der Waals surface area contributed by atoms with Gasteiger partial charge in [0.25, 0.3) is 0 Å². The van der Waals surface area contributed by atoms with Crippen LogP contribution in [0.1, 0.15) is 32.6 Å². The molecule has 0 radical (unpaired) electrons. The van der Waals surface area contributed by atoms with E-state index in [1.165, 1.54) is 31.4 Å². The highest BCUT2D eigenvalue weighted by Gasteiger charge is 2.18. The highest BCUT2D eigenvalue weighted by Crippen LogP contribution is 2.31. The Labute approximate surface area is 92.7 Å². The monoisotopic (exact) mass is 213 g/mol. The molecule has 0 aliphatic heterocycles. The first kappa shape index (κ1) is 12.1. The van der Waals surface area contributed by atoms with Crippen molar-refractivity contribution in [3.63, 3.8) is 0 Å². The lowest BCUT2D eigenvalue weighted by Gasteiger charge is -2.26. The molecule has 2 heteroatoms. The molecule has 2 atom stereocenters. The third-order valence-electron chi connectivity index (χ3n) is 2.81. The van der Waals surface area contributed by atoms with Crippen LogP contribution < -0.4 is 5.32 Å². The van der Waals surface area contributed by atoms with Crippen LogP contribution in [0.5, 0.6) is 0 Å². The van der Waals surface area contributed by atoms with Gasteiger partial charge in [0.05, 0.1) is 0 Å². The Bertz CT molecular complexity index is 158. The fourth-order valence-electron chi connectivity index (χ4n) is 2.03. The minimum atomic E-state index is 0.935. The van der Waals surface area contributed by atoms with Crippen LogP contribution in [0.2, 0.25) is 0 Å². The molecule has 14 heavy (non-hydrogen) atoms. The molecule has 0 spiro atoms. The molecule has 0 saturated heterocycles. The third-order valence-corrected chi connectivity index (χ3v) is 4.15. The maximum absolute atomic E-state index is 3.69. The van der Waals surface area contributed by atoms with E-state index < -0.39 is 0 Å². The molecule has 2 unspecified atom stereocenters. The molecule has 0 bridgehead atoms. The van der Waals surface area contributed by atoms with Crippen molar-refractivity contribution in [1.82, 2.24) is 5.32 Å². The number of thioether (sulfide) groups is 1. The Kier molecular flexibility index (Phi) is 6.37. The van der Waals surface area contributed by atoms with Crippen LogP contribution in [0.25, 0.3) is 0 Å². The molecule has 1 nitrogen and oxygen atoms in total. The van der Waals surface area contributed by atoms with Crippen molar-refractivity contribution in [2.75, 3.05) is 18.8 Å². The van der Waals surface area contributed by atoms with Crippen molar-refractivity contribution in [2.45, 2.75) is 37.9 Å². The van der Waals surface area contributed by atoms with E-state index in [9.17, 15) is 0 Å². The minimum Gasteiger partial charge on any atom is -0.312 e. The second kappa shape index (κ2) is 7.36. The Hall–Kier alpha value is 0.0500. The largest absolute Gasteiger partial charge is 0.312 e. The van der Waals surface area contributed by atoms with E-state index in [0.717, 1.165) is 24.3 Å². The lowest BCUT2D eigenvalue weighted by Crippen LogP contribution is -2.20. The third kappa shape index (κ3) is 5.06. The number of rotatable bonds is 6. The van der Waals surface area contributed by atoms with Crippen LogP contribution in [-0.2, 0) is 0 Å². The predicted molar refractivity (Wildman–Crippen MR) is 66.9 cm³/mol. The first-order valence-electron chi connectivity index (χ1n) is 5.76. The van der Waals surface area contributed by atoms with E-state index in [2.05, 4.69) is 30.6 Å². The number of hydrogen-bond donors (Lipinski definition) is 1. The summed E-state index contributed by atoms with van der Waals surface area (Å²) in [4.78, 5) is 0. The van der Waals surface area contributed by atoms with Crippen molar-refractivity contribution in [2.24, 2.45) is 5.92 Å². The average Bonchev–Trinajstić information content (AvgIpc) is 2.18. The lowest BCUT2D eigenvalue weighted by molar-refractivity contribution is 0.394. The Morgan fingerprint density at radius 2 is 2.36 bits per heavy atom. The molecule has 0 heterocycles. The number of hydrogen-bond acceptors (Lipinski definition) is 2. The van der Waals surface area contributed by atoms with Crippen molar-refractivity contribution < 1.29 is 0 Å². The van der Waals surface area contributed by atoms with Crippen molar-refractivity contribution in [3.05, 3.63) is 12.7 Å². The summed E-state index contributed by atoms with van der Waals surface area (Å²) in [6, 6.07) is 0. The molecule has 1 aliphatic carbocycles. The van der Waals surface area contributed by atoms with E-state index in [4.69, 9.17) is 0 Å². The molecule has 0 aromatic heterocycles. The van der Waals surface area contributed by atoms with Gasteiger partial charge in [0, 0.05) is 24.1 Å². The van der Waals surface area contributed by atoms with Gasteiger partial charge < -0.3 is 5.32 Å². The van der Waals surface area contributed by atoms with E-state index in [0.29, 0.717) is 0 Å². The van der Waals surface area contributed by atoms with E-state index in [1.807, 2.05) is 6.08 Å². The summed E-state index contributed by atoms with van der Waals surface area (Å²) >= 11 is 2.15. The van der Waals surface area contributed by atoms with Gasteiger partial charge >= 0.3 is 0 Å². The Morgan fingerprint density at radius 3 is 3.07 bits per heavy atom. The van der Waals surface area contributed by atoms with Gasteiger partial charge in [0.2, 0.25) is 0 Å². The normalized spacial score (nSPS) is 27.5. The van der Waals surface area contributed by atoms with Gasteiger partial charge in [-0.1, -0.05) is 25.8 Å². The first-order chi connectivity index (χ1) is 6.83. The van der Waals surface area contributed by atoms with Crippen LogP contribution in [0.4, 0.5) is 0 Å². The molecule has 0 amide bonds. The van der Waals surface area contributed by atoms with E-state index in [-0.39, 0.29) is 0 Å². The summed E-state index contributed by atoms with van der Waals surface area (Å²) in [7, 11) is 0. The lowest BCUT2D eigenvalue weighted by atomic mass is 9.91. The van der Waals surface area contributed by atoms with Crippen LogP contribution in [0, 0.1) is 5.92 Å². The van der Waals surface area contributed by atoms with Gasteiger partial charge in [-0.2, -0.15) is 11.8 Å². The van der Waals surface area contributed by atoms with Crippen LogP contribution in [0.3, 0.4) is 0 Å². The molecular weight excluding hydrogens is 190 g/mol. The highest BCUT2D eigenvalue weighted by atomic mass is 32.2. The van der Waals surface area contributed by atoms with Gasteiger partial charge in [-0.25, -0.2) is 0 Å². The molecule has 82 valence electrons. The maximum atomic E-state index is 3.69. The van der Waals surface area contributed by atoms with Crippen molar-refractivity contribution in [1.29, 1.82) is 0 Å². The SMILES string of the molecule is C=CCNCCSC1CCCC(C)C1. The zero-order chi connectivity index (χ0) is 10.2. The van der Waals surface area contributed by atoms with Gasteiger partial charge in [0.15, 0.2) is 0 Å². The van der Waals surface area contributed by atoms with Crippen LogP contribution in [0.15, 0.2) is 12.7 Å². The van der Waals surface area contributed by atoms with Crippen LogP contribution >= 0.6 is 11.8 Å². The fraction of sp³-hybridized carbons (Fsp3) is 0.833. The van der Waals surface area contributed by atoms with E-state index in [1.54, 1.807) is 0 Å². The van der Waals surface area contributed by atoms with E-state index >= 15 is 0 Å². The molecule has 1 N–H and O–H groups in total. The smallest absolute Gasteiger partial charge is 0.0132 e. The zero-order valence-corrected chi connectivity index (χ0v) is 10.1. The summed E-state index contributed by atoms with van der Waals surface area (Å²) in [6.45, 7) is 8.15. The summed E-state index contributed by atoms with van der Waals surface area (Å²) in [5.41, 5.74) is 0. The summed E-state index contributed by atoms with van der Waals surface area (Å²) in [5.74, 6) is 2.22. The second-order valence-electron chi connectivity index (χ2n) is 4.26. The molecule has 1 fully saturated rings. The van der Waals surface area contributed by atoms with Crippen molar-refractivity contribution >= 4 is 11.8 Å². The maximum Gasteiger partial charge on any atom is 0.0132 e. The Balaban J connectivity index is 1.97. The van der Waals surface area contributed by atoms with Gasteiger partial charge in [-0.3, -0.25) is 0 Å². The highest BCUT2D eigenvalue weighted by molar-refractivity contribution is 7.99. The quantitative estimate of drug-likeness (QED) is 0.537. The van der Waals surface area contributed by atoms with Gasteiger partial charge in [-0.05, 0) is 18.8 Å². The molecule has 1 aliphatic rings. The van der Waals surface area contributed by atoms with Gasteiger partial charge in [0.1, 0.15) is 0 Å². The first-order valence-corrected chi connectivity index (χ1v) is 6.81. The zero-order valence-electron chi connectivity index (χ0n) is 9.30. The molecule has 1 rings (SSSR count). The second-order valence-corrected chi connectivity index (χ2v) is 5.67. The van der Waals surface area contributed by atoms with Crippen molar-refractivity contribution in [3.8, 4) is 0 Å². The molecule has 0 aromatic carbocycles.